The average Bonchev–Trinajstić information content (AvgIpc) is 2.68. The van der Waals surface area contributed by atoms with E-state index in [0.29, 0.717) is 0 Å². The molecule has 0 bridgehead atoms. The van der Waals surface area contributed by atoms with E-state index in [9.17, 15) is 0 Å². The molecule has 0 aliphatic rings. The molecule has 4 heteroatoms. The van der Waals surface area contributed by atoms with Crippen LogP contribution in [0.5, 0.6) is 0 Å². The lowest BCUT2D eigenvalue weighted by Crippen LogP contribution is -1.87. The maximum absolute atomic E-state index is 4.68. The summed E-state index contributed by atoms with van der Waals surface area (Å²) >= 11 is 6.94. The number of aromatic nitrogens is 2. The second kappa shape index (κ2) is 4.52. The molecule has 0 aliphatic carbocycles. The van der Waals surface area contributed by atoms with Gasteiger partial charge in [0.25, 0.3) is 0 Å². The number of benzene rings is 1. The van der Waals surface area contributed by atoms with E-state index in [0.717, 1.165) is 31.5 Å². The fourth-order valence-corrected chi connectivity index (χ4v) is 2.62. The lowest BCUT2D eigenvalue weighted by Gasteiger charge is -2.00. The first-order valence-corrected chi connectivity index (χ1v) is 7.14. The van der Waals surface area contributed by atoms with Crippen molar-refractivity contribution in [2.75, 3.05) is 0 Å². The smallest absolute Gasteiger partial charge is 0.137 e. The molecular formula is C14H10Br2N2. The Morgan fingerprint density at radius 3 is 2.33 bits per heavy atom. The fourth-order valence-electron chi connectivity index (χ4n) is 2.02. The molecule has 3 aromatic rings. The van der Waals surface area contributed by atoms with E-state index in [2.05, 4.69) is 60.3 Å². The molecule has 0 saturated heterocycles. The molecule has 0 amide bonds. The fraction of sp³-hybridized carbons (Fsp3) is 0.0714. The molecule has 0 fully saturated rings. The summed E-state index contributed by atoms with van der Waals surface area (Å²) in [6, 6.07) is 12.2. The van der Waals surface area contributed by atoms with Gasteiger partial charge >= 0.3 is 0 Å². The van der Waals surface area contributed by atoms with Gasteiger partial charge in [0.1, 0.15) is 5.65 Å². The van der Waals surface area contributed by atoms with E-state index < -0.39 is 0 Å². The van der Waals surface area contributed by atoms with Gasteiger partial charge in [0.2, 0.25) is 0 Å². The number of nitrogens with zero attached hydrogens (tertiary/aromatic N) is 2. The van der Waals surface area contributed by atoms with Crippen LogP contribution in [0, 0.1) is 6.92 Å². The van der Waals surface area contributed by atoms with Gasteiger partial charge in [-0.3, -0.25) is 0 Å². The maximum Gasteiger partial charge on any atom is 0.137 e. The van der Waals surface area contributed by atoms with Crippen LogP contribution in [0.25, 0.3) is 16.9 Å². The highest BCUT2D eigenvalue weighted by Gasteiger charge is 2.10. The molecule has 2 aromatic heterocycles. The number of halogens is 2. The summed E-state index contributed by atoms with van der Waals surface area (Å²) in [6.07, 6.45) is 2.04. The van der Waals surface area contributed by atoms with E-state index in [1.165, 1.54) is 0 Å². The van der Waals surface area contributed by atoms with Crippen molar-refractivity contribution in [3.8, 4) is 11.3 Å². The summed E-state index contributed by atoms with van der Waals surface area (Å²) in [7, 11) is 0. The Morgan fingerprint density at radius 2 is 1.61 bits per heavy atom. The highest BCUT2D eigenvalue weighted by atomic mass is 79.9. The van der Waals surface area contributed by atoms with Crippen molar-refractivity contribution in [2.45, 2.75) is 6.92 Å². The van der Waals surface area contributed by atoms with E-state index >= 15 is 0 Å². The summed E-state index contributed by atoms with van der Waals surface area (Å²) in [6.45, 7) is 2.09. The molecule has 0 saturated carbocycles. The quantitative estimate of drug-likeness (QED) is 0.603. The minimum atomic E-state index is 0.966. The molecule has 3 rings (SSSR count). The molecule has 2 nitrogen and oxygen atoms in total. The van der Waals surface area contributed by atoms with Gasteiger partial charge < -0.3 is 4.40 Å². The van der Waals surface area contributed by atoms with Gasteiger partial charge in [-0.2, -0.15) is 0 Å². The number of fused-ring (bicyclic) bond motifs is 1. The topological polar surface area (TPSA) is 17.3 Å². The summed E-state index contributed by atoms with van der Waals surface area (Å²) in [4.78, 5) is 4.68. The van der Waals surface area contributed by atoms with Crippen LogP contribution in [0.2, 0.25) is 0 Å². The zero-order valence-electron chi connectivity index (χ0n) is 9.69. The van der Waals surface area contributed by atoms with Crippen LogP contribution < -0.4 is 0 Å². The maximum atomic E-state index is 4.68. The van der Waals surface area contributed by atoms with E-state index in [4.69, 9.17) is 0 Å². The lowest BCUT2D eigenvalue weighted by molar-refractivity contribution is 1.10. The third-order valence-corrected chi connectivity index (χ3v) is 3.94. The summed E-state index contributed by atoms with van der Waals surface area (Å²) in [5.74, 6) is 0. The van der Waals surface area contributed by atoms with Crippen LogP contribution in [0.3, 0.4) is 0 Å². The number of pyridine rings is 1. The number of imidazole rings is 1. The van der Waals surface area contributed by atoms with E-state index in [-0.39, 0.29) is 0 Å². The predicted octanol–water partition coefficient (Wildman–Crippen LogP) is 4.83. The number of aryl methyl sites for hydroxylation is 1. The number of hydrogen-bond donors (Lipinski definition) is 0. The van der Waals surface area contributed by atoms with Crippen LogP contribution in [0.15, 0.2) is 51.5 Å². The average molecular weight is 366 g/mol. The molecule has 2 heterocycles. The van der Waals surface area contributed by atoms with Crippen LogP contribution >= 0.6 is 31.9 Å². The van der Waals surface area contributed by atoms with Crippen molar-refractivity contribution in [1.29, 1.82) is 0 Å². The second-order valence-electron chi connectivity index (χ2n) is 4.13. The molecule has 1 aromatic carbocycles. The Balaban J connectivity index is 2.23. The van der Waals surface area contributed by atoms with Gasteiger partial charge in [0.15, 0.2) is 0 Å². The highest BCUT2D eigenvalue weighted by molar-refractivity contribution is 9.10. The summed E-state index contributed by atoms with van der Waals surface area (Å²) in [5, 5.41) is 0. The van der Waals surface area contributed by atoms with Crippen molar-refractivity contribution in [3.63, 3.8) is 0 Å². The molecule has 0 spiro atoms. The van der Waals surface area contributed by atoms with Gasteiger partial charge in [0, 0.05) is 26.4 Å². The molecule has 0 radical (unpaired) electrons. The van der Waals surface area contributed by atoms with Crippen molar-refractivity contribution in [3.05, 3.63) is 57.2 Å². The van der Waals surface area contributed by atoms with Gasteiger partial charge in [0.05, 0.1) is 5.69 Å². The van der Waals surface area contributed by atoms with Crippen LogP contribution in [0.4, 0.5) is 0 Å². The van der Waals surface area contributed by atoms with Crippen molar-refractivity contribution >= 4 is 37.5 Å². The highest BCUT2D eigenvalue weighted by Crippen LogP contribution is 2.26. The minimum absolute atomic E-state index is 0.966. The van der Waals surface area contributed by atoms with Crippen LogP contribution in [-0.4, -0.2) is 9.38 Å². The standard InChI is InChI=1S/C14H10Br2N2/c1-9-14(10-2-4-11(15)5-3-10)17-13-7-6-12(16)8-18(9)13/h2-8H,1H3. The Bertz CT molecular complexity index is 714. The van der Waals surface area contributed by atoms with Gasteiger partial charge in [-0.15, -0.1) is 0 Å². The van der Waals surface area contributed by atoms with Crippen molar-refractivity contribution in [2.24, 2.45) is 0 Å². The third kappa shape index (κ3) is 1.99. The first kappa shape index (κ1) is 11.9. The Labute approximate surface area is 122 Å². The first-order chi connectivity index (χ1) is 8.65. The van der Waals surface area contributed by atoms with E-state index in [1.807, 2.05) is 30.5 Å². The monoisotopic (exact) mass is 364 g/mol. The zero-order valence-corrected chi connectivity index (χ0v) is 12.9. The normalized spacial score (nSPS) is 11.1. The Morgan fingerprint density at radius 1 is 0.944 bits per heavy atom. The Hall–Kier alpha value is -1.13. The van der Waals surface area contributed by atoms with Gasteiger partial charge in [-0.25, -0.2) is 4.98 Å². The number of rotatable bonds is 1. The number of hydrogen-bond acceptors (Lipinski definition) is 1. The summed E-state index contributed by atoms with van der Waals surface area (Å²) in [5.41, 5.74) is 4.28. The van der Waals surface area contributed by atoms with Gasteiger partial charge in [-0.1, -0.05) is 28.1 Å². The first-order valence-electron chi connectivity index (χ1n) is 5.55. The molecule has 90 valence electrons. The van der Waals surface area contributed by atoms with Crippen molar-refractivity contribution < 1.29 is 0 Å². The van der Waals surface area contributed by atoms with Crippen LogP contribution in [0.1, 0.15) is 5.69 Å². The summed E-state index contributed by atoms with van der Waals surface area (Å²) < 4.78 is 4.23. The molecule has 0 aliphatic heterocycles. The lowest BCUT2D eigenvalue weighted by atomic mass is 10.1. The molecule has 0 atom stereocenters. The SMILES string of the molecule is Cc1c(-c2ccc(Br)cc2)nc2ccc(Br)cn12. The van der Waals surface area contributed by atoms with Crippen molar-refractivity contribution in [1.82, 2.24) is 9.38 Å². The Kier molecular flexibility index (Phi) is 2.99. The molecule has 0 unspecified atom stereocenters. The minimum Gasteiger partial charge on any atom is -0.303 e. The zero-order chi connectivity index (χ0) is 12.7. The largest absolute Gasteiger partial charge is 0.303 e. The molecule has 18 heavy (non-hydrogen) atoms. The molecule has 0 N–H and O–H groups in total. The van der Waals surface area contributed by atoms with E-state index in [1.54, 1.807) is 0 Å². The van der Waals surface area contributed by atoms with Crippen LogP contribution in [-0.2, 0) is 0 Å². The molecular weight excluding hydrogens is 356 g/mol. The van der Waals surface area contributed by atoms with Gasteiger partial charge in [-0.05, 0) is 47.1 Å². The third-order valence-electron chi connectivity index (χ3n) is 2.94. The predicted molar refractivity (Wildman–Crippen MR) is 80.8 cm³/mol. The second-order valence-corrected chi connectivity index (χ2v) is 5.96.